The number of nitrogens with zero attached hydrogens (tertiary/aromatic N) is 2. The number of aromatic nitrogens is 2. The van der Waals surface area contributed by atoms with Crippen LogP contribution in [0.2, 0.25) is 0 Å². The number of sulfonamides is 1. The quantitative estimate of drug-likeness (QED) is 0.584. The Labute approximate surface area is 172 Å². The van der Waals surface area contributed by atoms with Crippen molar-refractivity contribution in [2.24, 2.45) is 0 Å². The van der Waals surface area contributed by atoms with Crippen molar-refractivity contribution in [1.82, 2.24) is 14.5 Å². The van der Waals surface area contributed by atoms with Gasteiger partial charge in [-0.1, -0.05) is 6.07 Å². The Bertz CT molecular complexity index is 1170. The molecule has 10 heteroatoms. The summed E-state index contributed by atoms with van der Waals surface area (Å²) in [7, 11) is -0.661. The van der Waals surface area contributed by atoms with Gasteiger partial charge in [-0.15, -0.1) is 11.3 Å². The van der Waals surface area contributed by atoms with Crippen LogP contribution in [0.1, 0.15) is 12.5 Å². The topological polar surface area (TPSA) is 99.5 Å². The van der Waals surface area contributed by atoms with Crippen LogP contribution in [-0.4, -0.2) is 32.4 Å². The van der Waals surface area contributed by atoms with E-state index in [1.165, 1.54) is 17.9 Å². The third-order valence-electron chi connectivity index (χ3n) is 4.25. The summed E-state index contributed by atoms with van der Waals surface area (Å²) in [6.45, 7) is 2.33. The second-order valence-corrected chi connectivity index (χ2v) is 8.93. The molecule has 8 nitrogen and oxygen atoms in total. The average molecular weight is 436 g/mol. The first-order valence-electron chi connectivity index (χ1n) is 8.75. The van der Waals surface area contributed by atoms with Crippen LogP contribution in [0.25, 0.3) is 11.3 Å². The number of thiophene rings is 1. The van der Waals surface area contributed by atoms with Crippen LogP contribution in [-0.2, 0) is 23.1 Å². The van der Waals surface area contributed by atoms with Gasteiger partial charge < -0.3 is 9.47 Å². The number of hydrogen-bond donors (Lipinski definition) is 1. The molecule has 1 N–H and O–H groups in total. The van der Waals surface area contributed by atoms with Gasteiger partial charge in [-0.2, -0.15) is 5.10 Å². The Balaban J connectivity index is 1.80. The molecule has 0 aliphatic carbocycles. The highest BCUT2D eigenvalue weighted by Crippen LogP contribution is 2.28. The highest BCUT2D eigenvalue weighted by Gasteiger charge is 2.19. The van der Waals surface area contributed by atoms with E-state index in [0.717, 1.165) is 11.3 Å². The van der Waals surface area contributed by atoms with Crippen LogP contribution >= 0.6 is 11.3 Å². The van der Waals surface area contributed by atoms with E-state index in [9.17, 15) is 13.2 Å². The van der Waals surface area contributed by atoms with Crippen LogP contribution in [0.5, 0.6) is 11.5 Å². The molecule has 0 radical (unpaired) electrons. The number of benzene rings is 1. The summed E-state index contributed by atoms with van der Waals surface area (Å²) in [5.74, 6) is 1.15. The normalized spacial score (nSPS) is 11.4. The Kier molecular flexibility index (Phi) is 6.36. The lowest BCUT2D eigenvalue weighted by Gasteiger charge is -2.11. The first-order valence-corrected chi connectivity index (χ1v) is 11.1. The minimum absolute atomic E-state index is 0.0711. The fourth-order valence-electron chi connectivity index (χ4n) is 2.66. The third-order valence-corrected chi connectivity index (χ3v) is 7.09. The molecule has 0 atom stereocenters. The zero-order valence-electron chi connectivity index (χ0n) is 16.2. The number of hydrogen-bond acceptors (Lipinski definition) is 7. The minimum Gasteiger partial charge on any atom is -0.497 e. The van der Waals surface area contributed by atoms with Gasteiger partial charge in [0.05, 0.1) is 19.9 Å². The zero-order chi connectivity index (χ0) is 21.0. The lowest BCUT2D eigenvalue weighted by molar-refractivity contribution is 0.390. The molecule has 3 rings (SSSR count). The number of methoxy groups -OCH3 is 2. The molecule has 0 saturated heterocycles. The molecular weight excluding hydrogens is 414 g/mol. The van der Waals surface area contributed by atoms with Crippen molar-refractivity contribution in [1.29, 1.82) is 0 Å². The molecule has 0 bridgehead atoms. The van der Waals surface area contributed by atoms with Crippen molar-refractivity contribution >= 4 is 21.4 Å². The highest BCUT2D eigenvalue weighted by molar-refractivity contribution is 7.91. The molecule has 154 valence electrons. The first-order chi connectivity index (χ1) is 13.9. The van der Waals surface area contributed by atoms with E-state index in [1.54, 1.807) is 42.8 Å². The Morgan fingerprint density at radius 3 is 2.62 bits per heavy atom. The molecule has 0 aliphatic heterocycles. The zero-order valence-corrected chi connectivity index (χ0v) is 17.8. The summed E-state index contributed by atoms with van der Waals surface area (Å²) in [4.78, 5) is 11.7. The van der Waals surface area contributed by atoms with Gasteiger partial charge >= 0.3 is 0 Å². The second-order valence-electron chi connectivity index (χ2n) is 6.03. The van der Waals surface area contributed by atoms with Crippen molar-refractivity contribution in [2.45, 2.75) is 24.2 Å². The van der Waals surface area contributed by atoms with E-state index in [-0.39, 0.29) is 16.3 Å². The molecule has 0 amide bonds. The summed E-state index contributed by atoms with van der Waals surface area (Å²) >= 11 is 1.09. The van der Waals surface area contributed by atoms with E-state index in [0.29, 0.717) is 34.9 Å². The van der Waals surface area contributed by atoms with Crippen molar-refractivity contribution in [3.63, 3.8) is 0 Å². The predicted molar refractivity (Wildman–Crippen MR) is 111 cm³/mol. The minimum atomic E-state index is -3.72. The van der Waals surface area contributed by atoms with E-state index in [1.807, 2.05) is 6.92 Å². The van der Waals surface area contributed by atoms with Gasteiger partial charge in [-0.25, -0.2) is 17.8 Å². The van der Waals surface area contributed by atoms with Crippen LogP contribution in [0, 0.1) is 0 Å². The number of aryl methyl sites for hydroxylation is 1. The summed E-state index contributed by atoms with van der Waals surface area (Å²) in [5.41, 5.74) is 1.67. The second kappa shape index (κ2) is 8.76. The van der Waals surface area contributed by atoms with Crippen molar-refractivity contribution in [3.8, 4) is 22.8 Å². The standard InChI is InChI=1S/C19H21N3O5S2/c1-4-22-18(23)8-7-16(21-22)14-9-19(28-12-14)29(24,25)20-11-13-5-6-15(26-2)10-17(13)27-3/h5-10,12,20H,4,11H2,1-3H3. The number of rotatable bonds is 8. The summed E-state index contributed by atoms with van der Waals surface area (Å²) in [6.07, 6.45) is 0. The van der Waals surface area contributed by atoms with Crippen molar-refractivity contribution in [2.75, 3.05) is 14.2 Å². The molecule has 2 aromatic heterocycles. The van der Waals surface area contributed by atoms with Crippen LogP contribution in [0.15, 0.2) is 50.8 Å². The summed E-state index contributed by atoms with van der Waals surface area (Å²) in [5, 5.41) is 5.96. The van der Waals surface area contributed by atoms with Crippen molar-refractivity contribution < 1.29 is 17.9 Å². The van der Waals surface area contributed by atoms with E-state index in [4.69, 9.17) is 9.47 Å². The van der Waals surface area contributed by atoms with Crippen LogP contribution in [0.3, 0.4) is 0 Å². The molecule has 0 fully saturated rings. The fraction of sp³-hybridized carbons (Fsp3) is 0.263. The lowest BCUT2D eigenvalue weighted by atomic mass is 10.2. The molecule has 29 heavy (non-hydrogen) atoms. The molecule has 0 spiro atoms. The smallest absolute Gasteiger partial charge is 0.266 e. The summed E-state index contributed by atoms with van der Waals surface area (Å²) < 4.78 is 39.9. The first kappa shape index (κ1) is 21.0. The largest absolute Gasteiger partial charge is 0.497 e. The van der Waals surface area contributed by atoms with Gasteiger partial charge in [0.25, 0.3) is 5.56 Å². The van der Waals surface area contributed by atoms with E-state index >= 15 is 0 Å². The van der Waals surface area contributed by atoms with Crippen LogP contribution < -0.4 is 19.8 Å². The maximum atomic E-state index is 12.7. The molecule has 3 aromatic rings. The van der Waals surface area contributed by atoms with Gasteiger partial charge in [-0.05, 0) is 25.1 Å². The molecular formula is C19H21N3O5S2. The fourth-order valence-corrected chi connectivity index (χ4v) is 4.89. The van der Waals surface area contributed by atoms with Gasteiger partial charge in [0.1, 0.15) is 15.7 Å². The highest BCUT2D eigenvalue weighted by atomic mass is 32.2. The van der Waals surface area contributed by atoms with Gasteiger partial charge in [0.2, 0.25) is 10.0 Å². The number of nitrogens with one attached hydrogen (secondary N) is 1. The molecule has 0 unspecified atom stereocenters. The van der Waals surface area contributed by atoms with E-state index < -0.39 is 10.0 Å². The molecule has 2 heterocycles. The maximum absolute atomic E-state index is 12.7. The van der Waals surface area contributed by atoms with Crippen molar-refractivity contribution in [3.05, 3.63) is 57.7 Å². The predicted octanol–water partition coefficient (Wildman–Crippen LogP) is 2.49. The van der Waals surface area contributed by atoms with Gasteiger partial charge in [-0.3, -0.25) is 4.79 Å². The van der Waals surface area contributed by atoms with Crippen LogP contribution in [0.4, 0.5) is 0 Å². The van der Waals surface area contributed by atoms with E-state index in [2.05, 4.69) is 9.82 Å². The Morgan fingerprint density at radius 2 is 1.93 bits per heavy atom. The third kappa shape index (κ3) is 4.66. The SMILES string of the molecule is CCn1nc(-c2csc(S(=O)(=O)NCc3ccc(OC)cc3OC)c2)ccc1=O. The molecule has 1 aromatic carbocycles. The Morgan fingerprint density at radius 1 is 1.14 bits per heavy atom. The lowest BCUT2D eigenvalue weighted by Crippen LogP contribution is -2.22. The Hall–Kier alpha value is -2.69. The average Bonchev–Trinajstić information content (AvgIpc) is 3.23. The maximum Gasteiger partial charge on any atom is 0.266 e. The number of ether oxygens (including phenoxy) is 2. The molecule has 0 aliphatic rings. The van der Waals surface area contributed by atoms with Gasteiger partial charge in [0.15, 0.2) is 0 Å². The van der Waals surface area contributed by atoms with Gasteiger partial charge in [0, 0.05) is 41.7 Å². The monoisotopic (exact) mass is 435 g/mol. The molecule has 0 saturated carbocycles. The summed E-state index contributed by atoms with van der Waals surface area (Å²) in [6, 6.07) is 9.74.